The number of carbonyl (C=O) groups excluding carboxylic acids is 1. The van der Waals surface area contributed by atoms with Crippen molar-refractivity contribution in [2.45, 2.75) is 25.2 Å². The molecule has 0 aromatic heterocycles. The zero-order valence-corrected chi connectivity index (χ0v) is 17.2. The van der Waals surface area contributed by atoms with Gasteiger partial charge in [0.2, 0.25) is 10.0 Å². The molecule has 0 aliphatic heterocycles. The van der Waals surface area contributed by atoms with E-state index in [0.717, 1.165) is 0 Å². The zero-order chi connectivity index (χ0) is 21.3. The van der Waals surface area contributed by atoms with E-state index in [1.807, 2.05) is 6.92 Å². The topological polar surface area (TPSA) is 93.7 Å². The van der Waals surface area contributed by atoms with Crippen LogP contribution in [-0.4, -0.2) is 40.7 Å². The molecule has 0 atom stereocenters. The molecule has 2 aromatic rings. The third kappa shape index (κ3) is 6.52. The quantitative estimate of drug-likeness (QED) is 0.541. The van der Waals surface area contributed by atoms with Crippen LogP contribution in [-0.2, 0) is 14.8 Å². The predicted molar refractivity (Wildman–Crippen MR) is 108 cm³/mol. The van der Waals surface area contributed by atoms with Crippen LogP contribution in [0.1, 0.15) is 30.6 Å². The van der Waals surface area contributed by atoms with Gasteiger partial charge >= 0.3 is 0 Å². The highest BCUT2D eigenvalue weighted by molar-refractivity contribution is 7.89. The molecule has 9 heteroatoms. The molecule has 0 saturated carbocycles. The van der Waals surface area contributed by atoms with Gasteiger partial charge in [0.15, 0.2) is 0 Å². The summed E-state index contributed by atoms with van der Waals surface area (Å²) in [7, 11) is -3.80. The van der Waals surface area contributed by atoms with Crippen molar-refractivity contribution < 1.29 is 27.1 Å². The lowest BCUT2D eigenvalue weighted by molar-refractivity contribution is 0.102. The maximum absolute atomic E-state index is 13.9. The van der Waals surface area contributed by atoms with E-state index >= 15 is 0 Å². The molecule has 0 spiro atoms. The Kier molecular flexibility index (Phi) is 8.56. The SMILES string of the molecule is CCOCCCNS(=O)(=O)c1ccc(OCC)c(NC(=O)c2ccccc2F)c1. The van der Waals surface area contributed by atoms with Gasteiger partial charge in [0.05, 0.1) is 22.8 Å². The van der Waals surface area contributed by atoms with E-state index in [0.29, 0.717) is 26.2 Å². The number of benzene rings is 2. The molecule has 0 radical (unpaired) electrons. The van der Waals surface area contributed by atoms with E-state index < -0.39 is 21.7 Å². The number of sulfonamides is 1. The van der Waals surface area contributed by atoms with Gasteiger partial charge in [0.25, 0.3) is 5.91 Å². The Balaban J connectivity index is 2.22. The first-order chi connectivity index (χ1) is 13.9. The lowest BCUT2D eigenvalue weighted by Gasteiger charge is -2.14. The fourth-order valence-electron chi connectivity index (χ4n) is 2.50. The average Bonchev–Trinajstić information content (AvgIpc) is 2.69. The molecular weight excluding hydrogens is 399 g/mol. The number of amides is 1. The number of hydrogen-bond acceptors (Lipinski definition) is 5. The lowest BCUT2D eigenvalue weighted by Crippen LogP contribution is -2.26. The summed E-state index contributed by atoms with van der Waals surface area (Å²) >= 11 is 0. The number of carbonyl (C=O) groups is 1. The molecule has 2 rings (SSSR count). The van der Waals surface area contributed by atoms with E-state index in [1.54, 1.807) is 6.92 Å². The fraction of sp³-hybridized carbons (Fsp3) is 0.350. The Morgan fingerprint density at radius 3 is 2.55 bits per heavy atom. The molecule has 2 aromatic carbocycles. The Hall–Kier alpha value is -2.49. The second kappa shape index (κ2) is 10.9. The minimum absolute atomic E-state index is 0.0406. The Morgan fingerprint density at radius 2 is 1.86 bits per heavy atom. The zero-order valence-electron chi connectivity index (χ0n) is 16.4. The molecule has 7 nitrogen and oxygen atoms in total. The van der Waals surface area contributed by atoms with Crippen molar-refractivity contribution in [2.24, 2.45) is 0 Å². The average molecular weight is 424 g/mol. The van der Waals surface area contributed by atoms with Crippen LogP contribution in [0, 0.1) is 5.82 Å². The van der Waals surface area contributed by atoms with Gasteiger partial charge in [-0.05, 0) is 50.6 Å². The van der Waals surface area contributed by atoms with Gasteiger partial charge in [-0.15, -0.1) is 0 Å². The molecule has 0 heterocycles. The summed E-state index contributed by atoms with van der Waals surface area (Å²) in [5.74, 6) is -1.10. The van der Waals surface area contributed by atoms with Crippen LogP contribution in [0.15, 0.2) is 47.4 Å². The van der Waals surface area contributed by atoms with E-state index in [1.165, 1.54) is 42.5 Å². The van der Waals surface area contributed by atoms with Gasteiger partial charge in [-0.1, -0.05) is 12.1 Å². The number of anilines is 1. The third-order valence-electron chi connectivity index (χ3n) is 3.89. The highest BCUT2D eigenvalue weighted by Gasteiger charge is 2.19. The van der Waals surface area contributed by atoms with Crippen LogP contribution >= 0.6 is 0 Å². The number of halogens is 1. The highest BCUT2D eigenvalue weighted by Crippen LogP contribution is 2.28. The Morgan fingerprint density at radius 1 is 1.10 bits per heavy atom. The predicted octanol–water partition coefficient (Wildman–Crippen LogP) is 3.18. The summed E-state index contributed by atoms with van der Waals surface area (Å²) in [4.78, 5) is 12.4. The molecule has 0 bridgehead atoms. The minimum atomic E-state index is -3.80. The molecule has 158 valence electrons. The van der Waals surface area contributed by atoms with Crippen molar-refractivity contribution in [1.29, 1.82) is 0 Å². The molecule has 1 amide bonds. The van der Waals surface area contributed by atoms with Crippen LogP contribution in [0.5, 0.6) is 5.75 Å². The van der Waals surface area contributed by atoms with Crippen LogP contribution in [0.4, 0.5) is 10.1 Å². The van der Waals surface area contributed by atoms with Gasteiger partial charge in [-0.3, -0.25) is 4.79 Å². The maximum Gasteiger partial charge on any atom is 0.258 e. The van der Waals surface area contributed by atoms with Gasteiger partial charge in [0.1, 0.15) is 11.6 Å². The van der Waals surface area contributed by atoms with E-state index in [2.05, 4.69) is 10.0 Å². The molecule has 0 saturated heterocycles. The smallest absolute Gasteiger partial charge is 0.258 e. The first-order valence-corrected chi connectivity index (χ1v) is 10.8. The lowest BCUT2D eigenvalue weighted by atomic mass is 10.2. The van der Waals surface area contributed by atoms with Crippen molar-refractivity contribution in [3.8, 4) is 5.75 Å². The molecular formula is C20H25FN2O5S. The van der Waals surface area contributed by atoms with E-state index in [-0.39, 0.29) is 28.4 Å². The van der Waals surface area contributed by atoms with Gasteiger partial charge < -0.3 is 14.8 Å². The second-order valence-electron chi connectivity index (χ2n) is 5.97. The van der Waals surface area contributed by atoms with Crippen LogP contribution in [0.2, 0.25) is 0 Å². The third-order valence-corrected chi connectivity index (χ3v) is 5.35. The number of rotatable bonds is 11. The largest absolute Gasteiger partial charge is 0.492 e. The molecule has 0 aliphatic carbocycles. The summed E-state index contributed by atoms with van der Waals surface area (Å²) in [6.07, 6.45) is 0.529. The summed E-state index contributed by atoms with van der Waals surface area (Å²) < 4.78 is 52.1. The van der Waals surface area contributed by atoms with E-state index in [4.69, 9.17) is 9.47 Å². The normalized spacial score (nSPS) is 11.3. The van der Waals surface area contributed by atoms with Gasteiger partial charge in [0, 0.05) is 19.8 Å². The fourth-order valence-corrected chi connectivity index (χ4v) is 3.60. The first-order valence-electron chi connectivity index (χ1n) is 9.29. The van der Waals surface area contributed by atoms with E-state index in [9.17, 15) is 17.6 Å². The Bertz CT molecular complexity index is 934. The Labute approximate surface area is 170 Å². The monoisotopic (exact) mass is 424 g/mol. The molecule has 29 heavy (non-hydrogen) atoms. The van der Waals surface area contributed by atoms with Crippen molar-refractivity contribution in [3.05, 3.63) is 53.8 Å². The van der Waals surface area contributed by atoms with Gasteiger partial charge in [-0.2, -0.15) is 0 Å². The maximum atomic E-state index is 13.9. The first kappa shape index (κ1) is 22.8. The summed E-state index contributed by atoms with van der Waals surface area (Å²) in [5.41, 5.74) is -0.0189. The standard InChI is InChI=1S/C20H25FN2O5S/c1-3-27-13-7-12-22-29(25,26)15-10-11-19(28-4-2)18(14-15)23-20(24)16-8-5-6-9-17(16)21/h5-6,8-11,14,22H,3-4,7,12-13H2,1-2H3,(H,23,24). The van der Waals surface area contributed by atoms with Crippen molar-refractivity contribution >= 4 is 21.6 Å². The molecule has 0 unspecified atom stereocenters. The van der Waals surface area contributed by atoms with Crippen LogP contribution in [0.25, 0.3) is 0 Å². The molecule has 0 fully saturated rings. The highest BCUT2D eigenvalue weighted by atomic mass is 32.2. The number of hydrogen-bond donors (Lipinski definition) is 2. The van der Waals surface area contributed by atoms with Gasteiger partial charge in [-0.25, -0.2) is 17.5 Å². The molecule has 2 N–H and O–H groups in total. The summed E-state index contributed by atoms with van der Waals surface area (Å²) in [5, 5.41) is 2.53. The summed E-state index contributed by atoms with van der Waals surface area (Å²) in [6, 6.07) is 9.64. The molecule has 0 aliphatic rings. The van der Waals surface area contributed by atoms with Crippen molar-refractivity contribution in [3.63, 3.8) is 0 Å². The number of nitrogens with one attached hydrogen (secondary N) is 2. The van der Waals surface area contributed by atoms with Crippen LogP contribution < -0.4 is 14.8 Å². The van der Waals surface area contributed by atoms with Crippen molar-refractivity contribution in [2.75, 3.05) is 31.7 Å². The summed E-state index contributed by atoms with van der Waals surface area (Å²) in [6.45, 7) is 5.16. The van der Waals surface area contributed by atoms with Crippen molar-refractivity contribution in [1.82, 2.24) is 4.72 Å². The van der Waals surface area contributed by atoms with Crippen LogP contribution in [0.3, 0.4) is 0 Å². The second-order valence-corrected chi connectivity index (χ2v) is 7.74. The number of ether oxygens (including phenoxy) is 2. The minimum Gasteiger partial charge on any atom is -0.492 e.